The predicted octanol–water partition coefficient (Wildman–Crippen LogP) is 2.76. The molecule has 4 rings (SSSR count). The Balaban J connectivity index is 1.57. The summed E-state index contributed by atoms with van der Waals surface area (Å²) in [5.74, 6) is 0.687. The van der Waals surface area contributed by atoms with Gasteiger partial charge in [0, 0.05) is 62.5 Å². The van der Waals surface area contributed by atoms with Crippen LogP contribution in [0.4, 0.5) is 5.69 Å². The summed E-state index contributed by atoms with van der Waals surface area (Å²) in [6, 6.07) is 6.03. The van der Waals surface area contributed by atoms with E-state index in [2.05, 4.69) is 14.9 Å². The third kappa shape index (κ3) is 5.65. The summed E-state index contributed by atoms with van der Waals surface area (Å²) >= 11 is 0. The Labute approximate surface area is 189 Å². The highest BCUT2D eigenvalue weighted by Gasteiger charge is 2.33. The maximum absolute atomic E-state index is 12.9. The molecule has 1 N–H and O–H groups in total. The zero-order chi connectivity index (χ0) is 22.5. The molecule has 2 fully saturated rings. The molecule has 0 bridgehead atoms. The molecule has 0 unspecified atom stereocenters. The van der Waals surface area contributed by atoms with Crippen molar-refractivity contribution in [2.75, 3.05) is 45.2 Å². The van der Waals surface area contributed by atoms with Crippen LogP contribution in [0.15, 0.2) is 53.7 Å². The molecule has 1 amide bonds. The summed E-state index contributed by atoms with van der Waals surface area (Å²) in [6.45, 7) is 3.03. The van der Waals surface area contributed by atoms with E-state index in [9.17, 15) is 9.59 Å². The van der Waals surface area contributed by atoms with E-state index in [0.29, 0.717) is 18.2 Å². The normalized spacial score (nSPS) is 19.0. The van der Waals surface area contributed by atoms with Crippen molar-refractivity contribution in [3.63, 3.8) is 0 Å². The number of H-pyrrole nitrogens is 1. The number of pyridine rings is 2. The number of likely N-dealkylation sites (N-methyl/N-ethyl adjacent to an activating group) is 1. The van der Waals surface area contributed by atoms with Crippen LogP contribution >= 0.6 is 0 Å². The van der Waals surface area contributed by atoms with Gasteiger partial charge in [-0.25, -0.2) is 0 Å². The Morgan fingerprint density at radius 2 is 2.00 bits per heavy atom. The van der Waals surface area contributed by atoms with Crippen LogP contribution < -0.4 is 10.5 Å². The highest BCUT2D eigenvalue weighted by Crippen LogP contribution is 2.33. The second kappa shape index (κ2) is 10.1. The molecule has 32 heavy (non-hydrogen) atoms. The zero-order valence-corrected chi connectivity index (χ0v) is 19.0. The van der Waals surface area contributed by atoms with Crippen molar-refractivity contribution in [2.24, 2.45) is 5.92 Å². The van der Waals surface area contributed by atoms with E-state index in [1.54, 1.807) is 24.7 Å². The Morgan fingerprint density at radius 1 is 1.22 bits per heavy atom. The van der Waals surface area contributed by atoms with Gasteiger partial charge in [-0.05, 0) is 69.5 Å². The Morgan fingerprint density at radius 3 is 2.72 bits per heavy atom. The second-order valence-electron chi connectivity index (χ2n) is 9.18. The van der Waals surface area contributed by atoms with Gasteiger partial charge in [-0.1, -0.05) is 6.08 Å². The number of nitrogens with zero attached hydrogens (tertiary/aromatic N) is 4. The van der Waals surface area contributed by atoms with Crippen molar-refractivity contribution in [1.29, 1.82) is 0 Å². The van der Waals surface area contributed by atoms with Gasteiger partial charge in [0.25, 0.3) is 5.56 Å². The van der Waals surface area contributed by atoms with Gasteiger partial charge in [0.2, 0.25) is 5.91 Å². The van der Waals surface area contributed by atoms with Gasteiger partial charge in [0.15, 0.2) is 0 Å². The minimum atomic E-state index is -0.0715. The molecule has 170 valence electrons. The SMILES string of the molecule is CN(C)C/C=C/C(=O)N1CCC[C@@H](N(CC2CC2)c2cc(-c3ccncc3)c[nH]c2=O)C1. The first-order chi connectivity index (χ1) is 15.5. The predicted molar refractivity (Wildman–Crippen MR) is 128 cm³/mol. The number of carbonyl (C=O) groups is 1. The quantitative estimate of drug-likeness (QED) is 0.646. The molecule has 7 nitrogen and oxygen atoms in total. The van der Waals surface area contributed by atoms with E-state index in [1.807, 2.05) is 48.2 Å². The van der Waals surface area contributed by atoms with E-state index >= 15 is 0 Å². The standard InChI is InChI=1S/C25H33N5O2/c1-28(2)13-4-6-24(31)29-14-3-5-22(18-29)30(17-19-7-8-19)23-15-21(16-27-25(23)32)20-9-11-26-12-10-20/h4,6,9-12,15-16,19,22H,3,5,7-8,13-14,17-18H2,1-2H3,(H,27,32)/b6-4+/t22-/m1/s1. The smallest absolute Gasteiger partial charge is 0.271 e. The average molecular weight is 436 g/mol. The summed E-state index contributed by atoms with van der Waals surface area (Å²) in [4.78, 5) is 38.9. The van der Waals surface area contributed by atoms with E-state index < -0.39 is 0 Å². The number of anilines is 1. The first-order valence-electron chi connectivity index (χ1n) is 11.5. The number of aromatic nitrogens is 2. The topological polar surface area (TPSA) is 72.5 Å². The molecule has 0 spiro atoms. The molecular weight excluding hydrogens is 402 g/mol. The average Bonchev–Trinajstić information content (AvgIpc) is 3.63. The largest absolute Gasteiger partial charge is 0.362 e. The lowest BCUT2D eigenvalue weighted by molar-refractivity contribution is -0.127. The van der Waals surface area contributed by atoms with Gasteiger partial charge in [-0.3, -0.25) is 14.6 Å². The van der Waals surface area contributed by atoms with Crippen LogP contribution in [-0.2, 0) is 4.79 Å². The van der Waals surface area contributed by atoms with E-state index in [4.69, 9.17) is 0 Å². The van der Waals surface area contributed by atoms with Crippen LogP contribution in [0, 0.1) is 5.92 Å². The lowest BCUT2D eigenvalue weighted by Gasteiger charge is -2.40. The number of likely N-dealkylation sites (tertiary alicyclic amines) is 1. The lowest BCUT2D eigenvalue weighted by Crippen LogP contribution is -2.51. The van der Waals surface area contributed by atoms with E-state index in [0.717, 1.165) is 43.6 Å². The number of hydrogen-bond acceptors (Lipinski definition) is 5. The molecular formula is C25H33N5O2. The van der Waals surface area contributed by atoms with Gasteiger partial charge < -0.3 is 19.7 Å². The monoisotopic (exact) mass is 435 g/mol. The molecule has 1 aliphatic carbocycles. The molecule has 7 heteroatoms. The van der Waals surface area contributed by atoms with Crippen LogP contribution in [-0.4, -0.2) is 72.0 Å². The second-order valence-corrected chi connectivity index (χ2v) is 9.18. The minimum absolute atomic E-state index is 0.0577. The summed E-state index contributed by atoms with van der Waals surface area (Å²) < 4.78 is 0. The zero-order valence-electron chi connectivity index (χ0n) is 19.0. The minimum Gasteiger partial charge on any atom is -0.362 e. The number of nitrogens with one attached hydrogen (secondary N) is 1. The summed E-state index contributed by atoms with van der Waals surface area (Å²) in [6.07, 6.45) is 13.2. The van der Waals surface area contributed by atoms with Gasteiger partial charge in [-0.2, -0.15) is 0 Å². The van der Waals surface area contributed by atoms with E-state index in [1.165, 1.54) is 12.8 Å². The molecule has 1 saturated heterocycles. The molecule has 1 atom stereocenters. The highest BCUT2D eigenvalue weighted by molar-refractivity contribution is 5.87. The van der Waals surface area contributed by atoms with Gasteiger partial charge in [-0.15, -0.1) is 0 Å². The number of aromatic amines is 1. The molecule has 2 aromatic rings. The number of carbonyl (C=O) groups excluding carboxylic acids is 1. The third-order valence-corrected chi connectivity index (χ3v) is 6.24. The van der Waals surface area contributed by atoms with Crippen molar-refractivity contribution in [2.45, 2.75) is 31.7 Å². The summed E-state index contributed by atoms with van der Waals surface area (Å²) in [7, 11) is 3.97. The van der Waals surface area contributed by atoms with Crippen LogP contribution in [0.1, 0.15) is 25.7 Å². The van der Waals surface area contributed by atoms with Crippen LogP contribution in [0.3, 0.4) is 0 Å². The van der Waals surface area contributed by atoms with Crippen LogP contribution in [0.25, 0.3) is 11.1 Å². The molecule has 0 radical (unpaired) electrons. The first-order valence-corrected chi connectivity index (χ1v) is 11.5. The molecule has 0 aromatic carbocycles. The Hall–Kier alpha value is -2.93. The Bertz CT molecular complexity index is 997. The summed E-state index contributed by atoms with van der Waals surface area (Å²) in [5, 5.41) is 0. The van der Waals surface area contributed by atoms with Crippen molar-refractivity contribution >= 4 is 11.6 Å². The number of amides is 1. The van der Waals surface area contributed by atoms with Gasteiger partial charge in [0.05, 0.1) is 0 Å². The fourth-order valence-corrected chi connectivity index (χ4v) is 4.30. The van der Waals surface area contributed by atoms with Crippen molar-refractivity contribution in [1.82, 2.24) is 19.8 Å². The van der Waals surface area contributed by atoms with Crippen molar-refractivity contribution in [3.8, 4) is 11.1 Å². The Kier molecular flexibility index (Phi) is 7.05. The van der Waals surface area contributed by atoms with Crippen LogP contribution in [0.2, 0.25) is 0 Å². The van der Waals surface area contributed by atoms with Crippen molar-refractivity contribution < 1.29 is 4.79 Å². The summed E-state index contributed by atoms with van der Waals surface area (Å²) in [5.41, 5.74) is 2.62. The first kappa shape index (κ1) is 22.3. The maximum atomic E-state index is 12.9. The fourth-order valence-electron chi connectivity index (χ4n) is 4.30. The molecule has 3 heterocycles. The third-order valence-electron chi connectivity index (χ3n) is 6.24. The number of piperidine rings is 1. The molecule has 2 aliphatic rings. The fraction of sp³-hybridized carbons (Fsp3) is 0.480. The van der Waals surface area contributed by atoms with Crippen molar-refractivity contribution in [3.05, 3.63) is 59.3 Å². The van der Waals surface area contributed by atoms with E-state index in [-0.39, 0.29) is 17.5 Å². The lowest BCUT2D eigenvalue weighted by atomic mass is 10.0. The molecule has 2 aromatic heterocycles. The molecule has 1 aliphatic heterocycles. The van der Waals surface area contributed by atoms with Gasteiger partial charge >= 0.3 is 0 Å². The maximum Gasteiger partial charge on any atom is 0.271 e. The number of hydrogen-bond donors (Lipinski definition) is 1. The molecule has 1 saturated carbocycles. The van der Waals surface area contributed by atoms with Crippen LogP contribution in [0.5, 0.6) is 0 Å². The number of rotatable bonds is 8. The highest BCUT2D eigenvalue weighted by atomic mass is 16.2. The van der Waals surface area contributed by atoms with Gasteiger partial charge in [0.1, 0.15) is 5.69 Å².